The third-order valence-electron chi connectivity index (χ3n) is 0.511. The maximum Gasteiger partial charge on any atom is 0.310 e. The van der Waals surface area contributed by atoms with Gasteiger partial charge in [0.2, 0.25) is 0 Å². The smallest absolute Gasteiger partial charge is 0.310 e. The van der Waals surface area contributed by atoms with E-state index in [0.29, 0.717) is 0 Å². The average molecular weight is 177 g/mol. The summed E-state index contributed by atoms with van der Waals surface area (Å²) in [4.78, 5) is 9.51. The Kier molecular flexibility index (Phi) is 6.13. The Balaban J connectivity index is 0. The molecule has 0 heterocycles. The highest BCUT2D eigenvalue weighted by atomic mass is 35.5. The van der Waals surface area contributed by atoms with Crippen molar-refractivity contribution in [1.29, 1.82) is 0 Å². The Morgan fingerprint density at radius 2 is 1.70 bits per heavy atom. The minimum atomic E-state index is -2.57. The Morgan fingerprint density at radius 1 is 1.30 bits per heavy atom. The summed E-state index contributed by atoms with van der Waals surface area (Å²) >= 11 is 0. The predicted molar refractivity (Wildman–Crippen MR) is 29.9 cm³/mol. The number of aliphatic carboxylic acids is 1. The van der Waals surface area contributed by atoms with Crippen LogP contribution in [0.4, 0.5) is 13.2 Å². The normalized spacial score (nSPS) is 7.90. The summed E-state index contributed by atoms with van der Waals surface area (Å²) in [6.45, 7) is 0. The molecule has 0 atom stereocenters. The third-order valence-corrected chi connectivity index (χ3v) is 0.511. The fraction of sp³-hybridized carbons (Fsp3) is 0.250. The summed E-state index contributed by atoms with van der Waals surface area (Å²) in [7, 11) is 0. The molecule has 0 saturated carbocycles. The molecule has 6 heteroatoms. The van der Waals surface area contributed by atoms with Crippen molar-refractivity contribution >= 4 is 18.4 Å². The van der Waals surface area contributed by atoms with Gasteiger partial charge in [0.05, 0.1) is 0 Å². The van der Waals surface area contributed by atoms with Gasteiger partial charge >= 0.3 is 12.0 Å². The second-order valence-corrected chi connectivity index (χ2v) is 1.24. The third kappa shape index (κ3) is 5.43. The van der Waals surface area contributed by atoms with Crippen LogP contribution >= 0.6 is 12.4 Å². The molecule has 0 aromatic rings. The molecular formula is C4H4ClF3O2. The standard InChI is InChI=1S/C4H3F3O2.ClH/c5-2(4(6)7)1-3(8)9;/h1H2,(H,8,9);1H. The van der Waals surface area contributed by atoms with Gasteiger partial charge in [0.15, 0.2) is 5.83 Å². The number of carboxylic acids is 1. The van der Waals surface area contributed by atoms with Crippen LogP contribution in [0.2, 0.25) is 0 Å². The summed E-state index contributed by atoms with van der Waals surface area (Å²) in [5.41, 5.74) is 0. The van der Waals surface area contributed by atoms with Gasteiger partial charge in [-0.25, -0.2) is 4.39 Å². The molecule has 0 unspecified atom stereocenters. The van der Waals surface area contributed by atoms with Crippen LogP contribution in [0.15, 0.2) is 11.9 Å². The highest BCUT2D eigenvalue weighted by molar-refractivity contribution is 5.85. The van der Waals surface area contributed by atoms with Gasteiger partial charge in [0.1, 0.15) is 6.42 Å². The van der Waals surface area contributed by atoms with Crippen LogP contribution in [-0.4, -0.2) is 11.1 Å². The molecule has 0 amide bonds. The molecule has 0 saturated heterocycles. The number of carbonyl (C=O) groups is 1. The zero-order chi connectivity index (χ0) is 7.44. The average Bonchev–Trinajstić information content (AvgIpc) is 1.63. The Morgan fingerprint density at radius 3 is 1.80 bits per heavy atom. The molecule has 0 aromatic carbocycles. The van der Waals surface area contributed by atoms with E-state index < -0.39 is 24.3 Å². The van der Waals surface area contributed by atoms with Gasteiger partial charge in [-0.2, -0.15) is 8.78 Å². The molecule has 0 aliphatic carbocycles. The van der Waals surface area contributed by atoms with Gasteiger partial charge in [-0.05, 0) is 0 Å². The van der Waals surface area contributed by atoms with E-state index in [0.717, 1.165) is 0 Å². The van der Waals surface area contributed by atoms with Crippen molar-refractivity contribution < 1.29 is 23.1 Å². The van der Waals surface area contributed by atoms with Crippen molar-refractivity contribution in [3.05, 3.63) is 11.9 Å². The number of halogens is 4. The Hall–Kier alpha value is -0.710. The molecule has 1 N–H and O–H groups in total. The first-order valence-electron chi connectivity index (χ1n) is 1.95. The first-order valence-corrected chi connectivity index (χ1v) is 1.95. The number of carboxylic acid groups (broad SMARTS) is 1. The maximum atomic E-state index is 11.5. The fourth-order valence-corrected chi connectivity index (χ4v) is 0.200. The van der Waals surface area contributed by atoms with Crippen LogP contribution < -0.4 is 0 Å². The molecule has 0 rings (SSSR count). The number of hydrogen-bond acceptors (Lipinski definition) is 1. The van der Waals surface area contributed by atoms with Gasteiger partial charge in [-0.3, -0.25) is 4.79 Å². The lowest BCUT2D eigenvalue weighted by Crippen LogP contribution is -1.94. The van der Waals surface area contributed by atoms with Crippen molar-refractivity contribution in [3.8, 4) is 0 Å². The molecular weight excluding hydrogens is 172 g/mol. The van der Waals surface area contributed by atoms with Gasteiger partial charge in [0.25, 0.3) is 0 Å². The van der Waals surface area contributed by atoms with Crippen LogP contribution in [-0.2, 0) is 4.79 Å². The lowest BCUT2D eigenvalue weighted by molar-refractivity contribution is -0.136. The van der Waals surface area contributed by atoms with E-state index in [2.05, 4.69) is 0 Å². The van der Waals surface area contributed by atoms with E-state index in [-0.39, 0.29) is 12.4 Å². The minimum Gasteiger partial charge on any atom is -0.481 e. The molecule has 0 aliphatic heterocycles. The SMILES string of the molecule is Cl.O=C(O)CC(F)=C(F)F. The molecule has 0 fully saturated rings. The summed E-state index contributed by atoms with van der Waals surface area (Å²) in [5, 5.41) is 7.73. The van der Waals surface area contributed by atoms with Crippen LogP contribution in [0.5, 0.6) is 0 Å². The van der Waals surface area contributed by atoms with Crippen LogP contribution in [0, 0.1) is 0 Å². The number of hydrogen-bond donors (Lipinski definition) is 1. The van der Waals surface area contributed by atoms with Gasteiger partial charge in [-0.15, -0.1) is 12.4 Å². The summed E-state index contributed by atoms with van der Waals surface area (Å²) in [5.74, 6) is -3.50. The topological polar surface area (TPSA) is 37.3 Å². The summed E-state index contributed by atoms with van der Waals surface area (Å²) in [6.07, 6.45) is -3.82. The largest absolute Gasteiger partial charge is 0.481 e. The molecule has 0 bridgehead atoms. The fourth-order valence-electron chi connectivity index (χ4n) is 0.200. The van der Waals surface area contributed by atoms with Crippen LogP contribution in [0.3, 0.4) is 0 Å². The van der Waals surface area contributed by atoms with Gasteiger partial charge < -0.3 is 5.11 Å². The summed E-state index contributed by atoms with van der Waals surface area (Å²) in [6, 6.07) is 0. The first-order chi connectivity index (χ1) is 4.04. The monoisotopic (exact) mass is 176 g/mol. The first kappa shape index (κ1) is 12.0. The van der Waals surface area contributed by atoms with Crippen molar-refractivity contribution in [2.45, 2.75) is 6.42 Å². The second-order valence-electron chi connectivity index (χ2n) is 1.24. The van der Waals surface area contributed by atoms with Crippen molar-refractivity contribution in [3.63, 3.8) is 0 Å². The zero-order valence-corrected chi connectivity index (χ0v) is 5.42. The van der Waals surface area contributed by atoms with E-state index in [4.69, 9.17) is 5.11 Å². The number of rotatable bonds is 2. The van der Waals surface area contributed by atoms with Gasteiger partial charge in [0, 0.05) is 0 Å². The Bertz CT molecular complexity index is 153. The van der Waals surface area contributed by atoms with Crippen LogP contribution in [0.1, 0.15) is 6.42 Å². The quantitative estimate of drug-likeness (QED) is 0.698. The summed E-state index contributed by atoms with van der Waals surface area (Å²) < 4.78 is 33.6. The van der Waals surface area contributed by atoms with E-state index in [1.807, 2.05) is 0 Å². The van der Waals surface area contributed by atoms with Crippen LogP contribution in [0.25, 0.3) is 0 Å². The molecule has 0 aromatic heterocycles. The molecule has 2 nitrogen and oxygen atoms in total. The van der Waals surface area contributed by atoms with Crippen molar-refractivity contribution in [2.75, 3.05) is 0 Å². The Labute approximate surface area is 60.7 Å². The maximum absolute atomic E-state index is 11.5. The molecule has 0 radical (unpaired) electrons. The predicted octanol–water partition coefficient (Wildman–Crippen LogP) is 1.96. The lowest BCUT2D eigenvalue weighted by atomic mass is 10.4. The van der Waals surface area contributed by atoms with Gasteiger partial charge in [-0.1, -0.05) is 0 Å². The molecule has 0 spiro atoms. The molecule has 60 valence electrons. The zero-order valence-electron chi connectivity index (χ0n) is 4.60. The van der Waals surface area contributed by atoms with E-state index in [1.54, 1.807) is 0 Å². The molecule has 0 aliphatic rings. The van der Waals surface area contributed by atoms with E-state index >= 15 is 0 Å². The highest BCUT2D eigenvalue weighted by Crippen LogP contribution is 2.11. The molecule has 10 heavy (non-hydrogen) atoms. The van der Waals surface area contributed by atoms with E-state index in [1.165, 1.54) is 0 Å². The highest BCUT2D eigenvalue weighted by Gasteiger charge is 2.08. The van der Waals surface area contributed by atoms with Crippen molar-refractivity contribution in [1.82, 2.24) is 0 Å². The van der Waals surface area contributed by atoms with E-state index in [9.17, 15) is 18.0 Å². The second kappa shape index (κ2) is 5.10. The minimum absolute atomic E-state index is 0. The van der Waals surface area contributed by atoms with Crippen molar-refractivity contribution in [2.24, 2.45) is 0 Å². The lowest BCUT2D eigenvalue weighted by Gasteiger charge is -1.86.